The molecule has 0 aliphatic carbocycles. The zero-order chi connectivity index (χ0) is 20.3. The molecule has 0 bridgehead atoms. The molecule has 6 nitrogen and oxygen atoms in total. The van der Waals surface area contributed by atoms with Crippen LogP contribution in [0.4, 0.5) is 17.1 Å². The number of halogens is 1. The van der Waals surface area contributed by atoms with E-state index in [-0.39, 0.29) is 16.5 Å². The summed E-state index contributed by atoms with van der Waals surface area (Å²) in [7, 11) is -1.96. The minimum Gasteiger partial charge on any atom is -0.372 e. The zero-order valence-corrected chi connectivity index (χ0v) is 17.6. The van der Waals surface area contributed by atoms with Crippen molar-refractivity contribution in [3.05, 3.63) is 53.1 Å². The molecule has 1 amide bonds. The third-order valence-corrected chi connectivity index (χ3v) is 6.42. The lowest BCUT2D eigenvalue weighted by Crippen LogP contribution is -2.29. The number of nitrogens with zero attached hydrogens (tertiary/aromatic N) is 2. The molecular weight excluding hydrogens is 398 g/mol. The van der Waals surface area contributed by atoms with E-state index in [1.807, 2.05) is 24.3 Å². The van der Waals surface area contributed by atoms with Gasteiger partial charge >= 0.3 is 0 Å². The maximum atomic E-state index is 12.6. The Kier molecular flexibility index (Phi) is 6.15. The molecule has 0 radical (unpaired) electrons. The molecule has 2 aromatic carbocycles. The van der Waals surface area contributed by atoms with Crippen LogP contribution in [0.1, 0.15) is 29.6 Å². The Labute approximate surface area is 171 Å². The van der Waals surface area contributed by atoms with Crippen LogP contribution < -0.4 is 14.5 Å². The summed E-state index contributed by atoms with van der Waals surface area (Å²) in [6.07, 6.45) is 4.81. The van der Waals surface area contributed by atoms with Crippen LogP contribution in [0.15, 0.2) is 42.5 Å². The van der Waals surface area contributed by atoms with E-state index in [1.54, 1.807) is 6.07 Å². The SMILES string of the molecule is CN(c1ccc(C(=O)Nc2ccc(N3CCCCC3)cc2)c(Cl)c1)S(C)(=O)=O. The first kappa shape index (κ1) is 20.5. The van der Waals surface area contributed by atoms with Crippen molar-refractivity contribution in [2.24, 2.45) is 0 Å². The molecule has 0 saturated carbocycles. The average Bonchev–Trinajstić information content (AvgIpc) is 2.67. The number of carbonyl (C=O) groups is 1. The van der Waals surface area contributed by atoms with Gasteiger partial charge in [-0.1, -0.05) is 11.6 Å². The highest BCUT2D eigenvalue weighted by Gasteiger charge is 2.17. The van der Waals surface area contributed by atoms with E-state index >= 15 is 0 Å². The number of carbonyl (C=O) groups excluding carboxylic acids is 1. The molecule has 1 heterocycles. The summed E-state index contributed by atoms with van der Waals surface area (Å²) < 4.78 is 24.4. The lowest BCUT2D eigenvalue weighted by molar-refractivity contribution is 0.102. The fourth-order valence-corrected chi connectivity index (χ4v) is 3.94. The largest absolute Gasteiger partial charge is 0.372 e. The van der Waals surface area contributed by atoms with E-state index in [0.29, 0.717) is 11.4 Å². The van der Waals surface area contributed by atoms with E-state index < -0.39 is 10.0 Å². The van der Waals surface area contributed by atoms with Crippen LogP contribution >= 0.6 is 11.6 Å². The van der Waals surface area contributed by atoms with Gasteiger partial charge < -0.3 is 10.2 Å². The summed E-state index contributed by atoms with van der Waals surface area (Å²) in [6, 6.07) is 12.3. The molecule has 1 aliphatic heterocycles. The second-order valence-corrected chi connectivity index (χ2v) is 9.36. The third-order valence-electron chi connectivity index (χ3n) is 4.90. The van der Waals surface area contributed by atoms with Crippen molar-refractivity contribution in [1.29, 1.82) is 0 Å². The van der Waals surface area contributed by atoms with E-state index in [2.05, 4.69) is 10.2 Å². The molecule has 1 saturated heterocycles. The zero-order valence-electron chi connectivity index (χ0n) is 16.0. The normalized spacial score (nSPS) is 14.6. The van der Waals surface area contributed by atoms with E-state index in [1.165, 1.54) is 38.4 Å². The molecule has 0 unspecified atom stereocenters. The molecule has 0 aromatic heterocycles. The van der Waals surface area contributed by atoms with Crippen molar-refractivity contribution < 1.29 is 13.2 Å². The maximum absolute atomic E-state index is 12.6. The van der Waals surface area contributed by atoms with Crippen molar-refractivity contribution in [2.45, 2.75) is 19.3 Å². The quantitative estimate of drug-likeness (QED) is 0.792. The van der Waals surface area contributed by atoms with E-state index in [4.69, 9.17) is 11.6 Å². The van der Waals surface area contributed by atoms with Crippen molar-refractivity contribution in [3.8, 4) is 0 Å². The molecule has 1 N–H and O–H groups in total. The molecule has 0 atom stereocenters. The molecule has 0 spiro atoms. The minimum absolute atomic E-state index is 0.190. The predicted molar refractivity (Wildman–Crippen MR) is 115 cm³/mol. The van der Waals surface area contributed by atoms with Crippen molar-refractivity contribution in [2.75, 3.05) is 40.9 Å². The smallest absolute Gasteiger partial charge is 0.257 e. The highest BCUT2D eigenvalue weighted by molar-refractivity contribution is 7.92. The molecule has 3 rings (SSSR count). The van der Waals surface area contributed by atoms with E-state index in [0.717, 1.165) is 29.3 Å². The van der Waals surface area contributed by atoms with Gasteiger partial charge in [0.15, 0.2) is 0 Å². The summed E-state index contributed by atoms with van der Waals surface area (Å²) in [5, 5.41) is 3.02. The van der Waals surface area contributed by atoms with E-state index in [9.17, 15) is 13.2 Å². The van der Waals surface area contributed by atoms with Crippen molar-refractivity contribution >= 4 is 44.6 Å². The Hall–Kier alpha value is -2.25. The molecule has 1 fully saturated rings. The number of benzene rings is 2. The van der Waals surface area contributed by atoms with Gasteiger partial charge in [-0.15, -0.1) is 0 Å². The molecule has 28 heavy (non-hydrogen) atoms. The van der Waals surface area contributed by atoms with Crippen molar-refractivity contribution in [3.63, 3.8) is 0 Å². The van der Waals surface area contributed by atoms with Gasteiger partial charge in [0.2, 0.25) is 10.0 Å². The summed E-state index contributed by atoms with van der Waals surface area (Å²) in [5.74, 6) is -0.343. The number of rotatable bonds is 5. The first-order chi connectivity index (χ1) is 13.3. The van der Waals surface area contributed by atoms with Crippen LogP contribution in [0.5, 0.6) is 0 Å². The van der Waals surface area contributed by atoms with Crippen LogP contribution in [-0.2, 0) is 10.0 Å². The topological polar surface area (TPSA) is 69.7 Å². The van der Waals surface area contributed by atoms with Crippen LogP contribution in [0.3, 0.4) is 0 Å². The van der Waals surface area contributed by atoms with Gasteiger partial charge in [0.25, 0.3) is 5.91 Å². The number of piperidine rings is 1. The van der Waals surface area contributed by atoms with Gasteiger partial charge in [-0.05, 0) is 61.7 Å². The summed E-state index contributed by atoms with van der Waals surface area (Å²) in [6.45, 7) is 2.13. The Morgan fingerprint density at radius 3 is 2.29 bits per heavy atom. The lowest BCUT2D eigenvalue weighted by atomic mass is 10.1. The molecule has 2 aromatic rings. The molecule has 1 aliphatic rings. The molecule has 8 heteroatoms. The summed E-state index contributed by atoms with van der Waals surface area (Å²) in [4.78, 5) is 14.9. The highest BCUT2D eigenvalue weighted by Crippen LogP contribution is 2.26. The standard InChI is InChI=1S/C20H24ClN3O3S/c1-23(28(2,26)27)17-10-11-18(19(21)14-17)20(25)22-15-6-8-16(9-7-15)24-12-4-3-5-13-24/h6-11,14H,3-5,12-13H2,1-2H3,(H,22,25). The van der Waals surface area contributed by atoms with Gasteiger partial charge in [-0.3, -0.25) is 9.10 Å². The van der Waals surface area contributed by atoms with Crippen LogP contribution in [-0.4, -0.2) is 40.7 Å². The highest BCUT2D eigenvalue weighted by atomic mass is 35.5. The predicted octanol–water partition coefficient (Wildman–Crippen LogP) is 3.98. The van der Waals surface area contributed by atoms with Gasteiger partial charge in [0, 0.05) is 31.5 Å². The fraction of sp³-hybridized carbons (Fsp3) is 0.350. The number of hydrogen-bond donors (Lipinski definition) is 1. The molecule has 150 valence electrons. The van der Waals surface area contributed by atoms with Gasteiger partial charge in [0.1, 0.15) is 0 Å². The monoisotopic (exact) mass is 421 g/mol. The fourth-order valence-electron chi connectivity index (χ4n) is 3.18. The number of nitrogens with one attached hydrogen (secondary N) is 1. The summed E-state index contributed by atoms with van der Waals surface area (Å²) >= 11 is 6.22. The van der Waals surface area contributed by atoms with Crippen LogP contribution in [0, 0.1) is 0 Å². The minimum atomic E-state index is -3.40. The number of anilines is 3. The summed E-state index contributed by atoms with van der Waals surface area (Å²) in [5.41, 5.74) is 2.52. The Balaban J connectivity index is 1.70. The first-order valence-corrected chi connectivity index (χ1v) is 11.4. The Morgan fingerprint density at radius 1 is 1.07 bits per heavy atom. The van der Waals surface area contributed by atoms with Gasteiger partial charge in [-0.25, -0.2) is 8.42 Å². The van der Waals surface area contributed by atoms with Gasteiger partial charge in [0.05, 0.1) is 22.5 Å². The van der Waals surface area contributed by atoms with Crippen LogP contribution in [0.2, 0.25) is 5.02 Å². The van der Waals surface area contributed by atoms with Crippen LogP contribution in [0.25, 0.3) is 0 Å². The second kappa shape index (κ2) is 8.41. The van der Waals surface area contributed by atoms with Crippen molar-refractivity contribution in [1.82, 2.24) is 0 Å². The number of hydrogen-bond acceptors (Lipinski definition) is 4. The number of amides is 1. The molecular formula is C20H24ClN3O3S. The Bertz CT molecular complexity index is 955. The first-order valence-electron chi connectivity index (χ1n) is 9.15. The maximum Gasteiger partial charge on any atom is 0.257 e. The lowest BCUT2D eigenvalue weighted by Gasteiger charge is -2.28. The third kappa shape index (κ3) is 4.77. The Morgan fingerprint density at radius 2 is 1.71 bits per heavy atom. The second-order valence-electron chi connectivity index (χ2n) is 6.94. The average molecular weight is 422 g/mol. The van der Waals surface area contributed by atoms with Gasteiger partial charge in [-0.2, -0.15) is 0 Å². The number of sulfonamides is 1.